The molecule has 0 aromatic rings. The van der Waals surface area contributed by atoms with E-state index in [-0.39, 0.29) is 5.37 Å². The summed E-state index contributed by atoms with van der Waals surface area (Å²) in [5.74, 6) is -0.416. The van der Waals surface area contributed by atoms with Crippen molar-refractivity contribution in [3.8, 4) is 0 Å². The van der Waals surface area contributed by atoms with Crippen molar-refractivity contribution in [2.45, 2.75) is 5.37 Å². The maximum Gasteiger partial charge on any atom is 0.247 e. The highest BCUT2D eigenvalue weighted by Gasteiger charge is 2.18. The van der Waals surface area contributed by atoms with Gasteiger partial charge in [0.1, 0.15) is 5.37 Å². The smallest absolute Gasteiger partial charge is 0.247 e. The molecule has 1 amide bonds. The second-order valence-electron chi connectivity index (χ2n) is 2.37. The Labute approximate surface area is 71.0 Å². The number of nitrogens with zero attached hydrogens (tertiary/aromatic N) is 1. The number of likely N-dealkylation sites (N-methyl/N-ethyl adjacent to an activating group) is 1. The van der Waals surface area contributed by atoms with Gasteiger partial charge in [0, 0.05) is 18.8 Å². The summed E-state index contributed by atoms with van der Waals surface area (Å²) in [5.41, 5.74) is 5.63. The number of carbonyl (C=O) groups is 1. The predicted octanol–water partition coefficient (Wildman–Crippen LogP) is 0.113. The van der Waals surface area contributed by atoms with E-state index in [2.05, 4.69) is 12.6 Å². The zero-order valence-electron chi connectivity index (χ0n) is 6.19. The summed E-state index contributed by atoms with van der Waals surface area (Å²) in [7, 11) is 1.84. The summed E-state index contributed by atoms with van der Waals surface area (Å²) in [5, 5.41) is -0.211. The van der Waals surface area contributed by atoms with Crippen molar-refractivity contribution in [1.82, 2.24) is 4.90 Å². The van der Waals surface area contributed by atoms with Gasteiger partial charge in [0.05, 0.1) is 0 Å². The lowest BCUT2D eigenvalue weighted by Crippen LogP contribution is -2.32. The molecule has 1 heterocycles. The molecule has 60 valence electrons. The molecule has 11 heavy (non-hydrogen) atoms. The Morgan fingerprint density at radius 3 is 2.91 bits per heavy atom. The number of rotatable bonds is 1. The fraction of sp³-hybridized carbons (Fsp3) is 0.286. The van der Waals surface area contributed by atoms with E-state index in [4.69, 9.17) is 5.73 Å². The molecule has 0 aromatic heterocycles. The van der Waals surface area contributed by atoms with Crippen LogP contribution in [0.2, 0.25) is 0 Å². The Bertz CT molecular complexity index is 235. The summed E-state index contributed by atoms with van der Waals surface area (Å²) in [6.07, 6.45) is 5.29. The lowest BCUT2D eigenvalue weighted by atomic mass is 10.2. The first-order valence-corrected chi connectivity index (χ1v) is 3.73. The Kier molecular flexibility index (Phi) is 2.24. The average Bonchev–Trinajstić information content (AvgIpc) is 1.94. The highest BCUT2D eigenvalue weighted by atomic mass is 32.1. The lowest BCUT2D eigenvalue weighted by Gasteiger charge is -2.25. The third-order valence-corrected chi connectivity index (χ3v) is 2.19. The fourth-order valence-electron chi connectivity index (χ4n) is 0.879. The van der Waals surface area contributed by atoms with E-state index in [0.29, 0.717) is 5.57 Å². The summed E-state index contributed by atoms with van der Waals surface area (Å²) in [6.45, 7) is 0. The van der Waals surface area contributed by atoms with Gasteiger partial charge in [0.25, 0.3) is 0 Å². The number of thiol groups is 1. The van der Waals surface area contributed by atoms with Crippen LogP contribution in [0, 0.1) is 0 Å². The molecule has 1 aliphatic rings. The van der Waals surface area contributed by atoms with E-state index in [1.165, 1.54) is 0 Å². The molecule has 0 bridgehead atoms. The van der Waals surface area contributed by atoms with Gasteiger partial charge in [-0.25, -0.2) is 0 Å². The lowest BCUT2D eigenvalue weighted by molar-refractivity contribution is -0.114. The first kappa shape index (κ1) is 8.20. The van der Waals surface area contributed by atoms with Crippen LogP contribution in [0.4, 0.5) is 0 Å². The second-order valence-corrected chi connectivity index (χ2v) is 2.86. The Morgan fingerprint density at radius 2 is 2.45 bits per heavy atom. The molecule has 0 aromatic carbocycles. The van der Waals surface area contributed by atoms with Crippen LogP contribution >= 0.6 is 12.6 Å². The standard InChI is InChI=1S/C7H10N2OS/c1-9-4-2-3-5(6(8)10)7(9)11/h2-4,7,11H,1H3,(H2,8,10). The van der Waals surface area contributed by atoms with Crippen molar-refractivity contribution >= 4 is 18.5 Å². The normalized spacial score (nSPS) is 23.3. The van der Waals surface area contributed by atoms with Gasteiger partial charge in [-0.3, -0.25) is 4.79 Å². The predicted molar refractivity (Wildman–Crippen MR) is 47.0 cm³/mol. The topological polar surface area (TPSA) is 46.3 Å². The Morgan fingerprint density at radius 1 is 1.82 bits per heavy atom. The Hall–Kier alpha value is -0.900. The minimum atomic E-state index is -0.416. The largest absolute Gasteiger partial charge is 0.366 e. The molecule has 0 spiro atoms. The van der Waals surface area contributed by atoms with E-state index in [0.717, 1.165) is 0 Å². The van der Waals surface area contributed by atoms with Crippen LogP contribution in [0.5, 0.6) is 0 Å². The minimum absolute atomic E-state index is 0.211. The third-order valence-electron chi connectivity index (χ3n) is 1.55. The maximum absolute atomic E-state index is 10.8. The second kappa shape index (κ2) is 3.00. The SMILES string of the molecule is CN1C=CC=C(C(N)=O)C1S. The van der Waals surface area contributed by atoms with Crippen molar-refractivity contribution < 1.29 is 4.79 Å². The number of amides is 1. The highest BCUT2D eigenvalue weighted by molar-refractivity contribution is 7.81. The number of primary amides is 1. The molecular formula is C7H10N2OS. The monoisotopic (exact) mass is 170 g/mol. The molecule has 2 N–H and O–H groups in total. The average molecular weight is 170 g/mol. The van der Waals surface area contributed by atoms with Gasteiger partial charge in [-0.15, -0.1) is 12.6 Å². The zero-order chi connectivity index (χ0) is 8.43. The molecule has 4 heteroatoms. The van der Waals surface area contributed by atoms with Gasteiger partial charge in [-0.2, -0.15) is 0 Å². The number of nitrogens with two attached hydrogens (primary N) is 1. The number of allylic oxidation sites excluding steroid dienone is 2. The van der Waals surface area contributed by atoms with Crippen molar-refractivity contribution in [1.29, 1.82) is 0 Å². The molecule has 0 aliphatic carbocycles. The quantitative estimate of drug-likeness (QED) is 0.549. The molecule has 3 nitrogen and oxygen atoms in total. The molecule has 0 fully saturated rings. The van der Waals surface area contributed by atoms with Crippen molar-refractivity contribution in [3.63, 3.8) is 0 Å². The summed E-state index contributed by atoms with van der Waals surface area (Å²) >= 11 is 4.20. The molecule has 0 saturated heterocycles. The summed E-state index contributed by atoms with van der Waals surface area (Å²) < 4.78 is 0. The van der Waals surface area contributed by atoms with Gasteiger partial charge in [-0.1, -0.05) is 0 Å². The van der Waals surface area contributed by atoms with Crippen LogP contribution < -0.4 is 5.73 Å². The first-order valence-electron chi connectivity index (χ1n) is 3.21. The molecule has 0 radical (unpaired) electrons. The third kappa shape index (κ3) is 1.57. The number of hydrogen-bond acceptors (Lipinski definition) is 3. The highest BCUT2D eigenvalue weighted by Crippen LogP contribution is 2.16. The Balaban J connectivity index is 2.87. The summed E-state index contributed by atoms with van der Waals surface area (Å²) in [6, 6.07) is 0. The molecule has 1 unspecified atom stereocenters. The maximum atomic E-state index is 10.8. The van der Waals surface area contributed by atoms with Gasteiger partial charge >= 0.3 is 0 Å². The zero-order valence-corrected chi connectivity index (χ0v) is 7.08. The van der Waals surface area contributed by atoms with E-state index in [1.807, 2.05) is 18.1 Å². The molecule has 1 aliphatic heterocycles. The number of carbonyl (C=O) groups excluding carboxylic acids is 1. The van der Waals surface area contributed by atoms with Crippen molar-refractivity contribution in [3.05, 3.63) is 23.9 Å². The van der Waals surface area contributed by atoms with Crippen LogP contribution in [-0.2, 0) is 4.79 Å². The van der Waals surface area contributed by atoms with Gasteiger partial charge in [0.15, 0.2) is 0 Å². The fourth-order valence-corrected chi connectivity index (χ4v) is 1.17. The van der Waals surface area contributed by atoms with Gasteiger partial charge in [-0.05, 0) is 12.2 Å². The van der Waals surface area contributed by atoms with Gasteiger partial charge < -0.3 is 10.6 Å². The molecule has 1 rings (SSSR count). The van der Waals surface area contributed by atoms with Crippen LogP contribution in [-0.4, -0.2) is 23.2 Å². The molecular weight excluding hydrogens is 160 g/mol. The van der Waals surface area contributed by atoms with Crippen molar-refractivity contribution in [2.24, 2.45) is 5.73 Å². The number of hydrogen-bond donors (Lipinski definition) is 2. The van der Waals surface area contributed by atoms with Crippen LogP contribution in [0.3, 0.4) is 0 Å². The minimum Gasteiger partial charge on any atom is -0.366 e. The molecule has 0 saturated carbocycles. The summed E-state index contributed by atoms with van der Waals surface area (Å²) in [4.78, 5) is 12.6. The van der Waals surface area contributed by atoms with E-state index in [1.54, 1.807) is 12.2 Å². The van der Waals surface area contributed by atoms with Crippen LogP contribution in [0.25, 0.3) is 0 Å². The molecule has 1 atom stereocenters. The van der Waals surface area contributed by atoms with E-state index >= 15 is 0 Å². The van der Waals surface area contributed by atoms with Crippen LogP contribution in [0.1, 0.15) is 0 Å². The van der Waals surface area contributed by atoms with Crippen molar-refractivity contribution in [2.75, 3.05) is 7.05 Å². The van der Waals surface area contributed by atoms with Gasteiger partial charge in [0.2, 0.25) is 5.91 Å². The van der Waals surface area contributed by atoms with E-state index < -0.39 is 5.91 Å². The van der Waals surface area contributed by atoms with Crippen LogP contribution in [0.15, 0.2) is 23.9 Å². The van der Waals surface area contributed by atoms with E-state index in [9.17, 15) is 4.79 Å². The first-order chi connectivity index (χ1) is 5.13.